The van der Waals surface area contributed by atoms with Crippen molar-refractivity contribution in [2.75, 3.05) is 45.2 Å². The lowest BCUT2D eigenvalue weighted by atomic mass is 10.1. The first-order valence-corrected chi connectivity index (χ1v) is 10.2. The maximum atomic E-state index is 13.1. The third-order valence-electron chi connectivity index (χ3n) is 4.85. The number of nitrogens with zero attached hydrogens (tertiary/aromatic N) is 5. The van der Waals surface area contributed by atoms with Crippen LogP contribution in [0.15, 0.2) is 23.6 Å². The molecule has 0 atom stereocenters. The highest BCUT2D eigenvalue weighted by atomic mass is 32.1. The van der Waals surface area contributed by atoms with E-state index in [4.69, 9.17) is 0 Å². The highest BCUT2D eigenvalue weighted by Gasteiger charge is 2.26. The molecular formula is C19H25N5O3S. The molecule has 1 amide bonds. The number of rotatable bonds is 6. The molecule has 8 nitrogen and oxygen atoms in total. The lowest BCUT2D eigenvalue weighted by Crippen LogP contribution is -2.48. The number of benzene rings is 1. The van der Waals surface area contributed by atoms with Gasteiger partial charge >= 0.3 is 0 Å². The maximum absolute atomic E-state index is 13.1. The van der Waals surface area contributed by atoms with Gasteiger partial charge in [0.2, 0.25) is 0 Å². The van der Waals surface area contributed by atoms with Gasteiger partial charge in [-0.25, -0.2) is 4.98 Å². The van der Waals surface area contributed by atoms with Gasteiger partial charge in [0, 0.05) is 70.0 Å². The first kappa shape index (κ1) is 20.2. The Kier molecular flexibility index (Phi) is 6.25. The van der Waals surface area contributed by atoms with E-state index in [2.05, 4.69) is 22.2 Å². The number of piperazine rings is 1. The summed E-state index contributed by atoms with van der Waals surface area (Å²) in [6, 6.07) is 4.45. The van der Waals surface area contributed by atoms with E-state index in [0.717, 1.165) is 36.8 Å². The van der Waals surface area contributed by atoms with Gasteiger partial charge in [0.05, 0.1) is 21.2 Å². The van der Waals surface area contributed by atoms with E-state index in [0.29, 0.717) is 24.3 Å². The SMILES string of the molecule is CCc1nc(CN2CCN(C(=O)c3cc([N+](=O)[O-])ccc3N(C)C)CC2)cs1. The molecule has 9 heteroatoms. The summed E-state index contributed by atoms with van der Waals surface area (Å²) in [6.45, 7) is 5.60. The Morgan fingerprint density at radius 1 is 1.29 bits per heavy atom. The van der Waals surface area contributed by atoms with Crippen molar-refractivity contribution in [1.29, 1.82) is 0 Å². The van der Waals surface area contributed by atoms with Crippen LogP contribution in [0.1, 0.15) is 28.0 Å². The van der Waals surface area contributed by atoms with E-state index in [1.165, 1.54) is 12.1 Å². The molecule has 1 aliphatic heterocycles. The molecule has 0 N–H and O–H groups in total. The van der Waals surface area contributed by atoms with Crippen LogP contribution in [0.3, 0.4) is 0 Å². The number of carbonyl (C=O) groups excluding carboxylic acids is 1. The molecule has 1 aromatic heterocycles. The largest absolute Gasteiger partial charge is 0.377 e. The van der Waals surface area contributed by atoms with Crippen LogP contribution in [0.2, 0.25) is 0 Å². The van der Waals surface area contributed by atoms with Gasteiger partial charge in [-0.1, -0.05) is 6.92 Å². The standard InChI is InChI=1S/C19H25N5O3S/c1-4-18-20-14(13-28-18)12-22-7-9-23(10-8-22)19(25)16-11-15(24(26)27)5-6-17(16)21(2)3/h5-6,11,13H,4,7-10,12H2,1-3H3. The van der Waals surface area contributed by atoms with Crippen molar-refractivity contribution >= 4 is 28.6 Å². The van der Waals surface area contributed by atoms with Crippen LogP contribution in [0.5, 0.6) is 0 Å². The number of amides is 1. The number of non-ortho nitro benzene ring substituents is 1. The monoisotopic (exact) mass is 403 g/mol. The second-order valence-electron chi connectivity index (χ2n) is 7.01. The first-order valence-electron chi connectivity index (χ1n) is 9.29. The van der Waals surface area contributed by atoms with E-state index < -0.39 is 4.92 Å². The number of thiazole rings is 1. The minimum atomic E-state index is -0.466. The van der Waals surface area contributed by atoms with Crippen LogP contribution >= 0.6 is 11.3 Å². The third-order valence-corrected chi connectivity index (χ3v) is 5.89. The van der Waals surface area contributed by atoms with Crippen LogP contribution in [0, 0.1) is 10.1 Å². The minimum absolute atomic E-state index is 0.0668. The quantitative estimate of drug-likeness (QED) is 0.545. The molecule has 0 spiro atoms. The Labute approximate surface area is 168 Å². The van der Waals surface area contributed by atoms with Gasteiger partial charge in [0.1, 0.15) is 0 Å². The fourth-order valence-electron chi connectivity index (χ4n) is 3.29. The van der Waals surface area contributed by atoms with Gasteiger partial charge in [-0.3, -0.25) is 19.8 Å². The Bertz CT molecular complexity index is 859. The molecule has 1 aliphatic rings. The topological polar surface area (TPSA) is 82.8 Å². The normalized spacial score (nSPS) is 14.9. The van der Waals surface area contributed by atoms with E-state index in [1.54, 1.807) is 27.2 Å². The van der Waals surface area contributed by atoms with Crippen molar-refractivity contribution in [3.63, 3.8) is 0 Å². The summed E-state index contributed by atoms with van der Waals surface area (Å²) in [4.78, 5) is 34.2. The summed E-state index contributed by atoms with van der Waals surface area (Å²) < 4.78 is 0. The van der Waals surface area contributed by atoms with Gasteiger partial charge < -0.3 is 9.80 Å². The average Bonchev–Trinajstić information content (AvgIpc) is 3.15. The van der Waals surface area contributed by atoms with E-state index in [1.807, 2.05) is 14.1 Å². The fourth-order valence-corrected chi connectivity index (χ4v) is 4.03. The first-order chi connectivity index (χ1) is 13.4. The fraction of sp³-hybridized carbons (Fsp3) is 0.474. The van der Waals surface area contributed by atoms with Crippen molar-refractivity contribution in [1.82, 2.24) is 14.8 Å². The predicted octanol–water partition coefficient (Wildman–Crippen LogP) is 2.64. The number of nitro benzene ring substituents is 1. The molecule has 28 heavy (non-hydrogen) atoms. The molecule has 150 valence electrons. The molecule has 1 fully saturated rings. The molecule has 0 bridgehead atoms. The molecule has 0 aliphatic carbocycles. The molecule has 0 radical (unpaired) electrons. The summed E-state index contributed by atoms with van der Waals surface area (Å²) in [7, 11) is 3.66. The molecule has 2 aromatic rings. The van der Waals surface area contributed by atoms with Crippen molar-refractivity contribution in [3.05, 3.63) is 50.0 Å². The molecule has 0 unspecified atom stereocenters. The number of carbonyl (C=O) groups is 1. The zero-order valence-electron chi connectivity index (χ0n) is 16.4. The molecule has 0 saturated carbocycles. The second-order valence-corrected chi connectivity index (χ2v) is 7.95. The van der Waals surface area contributed by atoms with Crippen LogP contribution < -0.4 is 4.90 Å². The zero-order valence-corrected chi connectivity index (χ0v) is 17.2. The van der Waals surface area contributed by atoms with Gasteiger partial charge in [-0.05, 0) is 12.5 Å². The average molecular weight is 404 g/mol. The third kappa shape index (κ3) is 4.48. The number of hydrogen-bond acceptors (Lipinski definition) is 7. The van der Waals surface area contributed by atoms with Gasteiger partial charge in [0.15, 0.2) is 0 Å². The highest BCUT2D eigenvalue weighted by molar-refractivity contribution is 7.09. The Hall–Kier alpha value is -2.52. The van der Waals surface area contributed by atoms with Crippen molar-refractivity contribution in [2.24, 2.45) is 0 Å². The highest BCUT2D eigenvalue weighted by Crippen LogP contribution is 2.26. The lowest BCUT2D eigenvalue weighted by molar-refractivity contribution is -0.384. The summed E-state index contributed by atoms with van der Waals surface area (Å²) >= 11 is 1.69. The summed E-state index contributed by atoms with van der Waals surface area (Å²) in [5.41, 5.74) is 2.07. The van der Waals surface area contributed by atoms with Gasteiger partial charge in [-0.15, -0.1) is 11.3 Å². The van der Waals surface area contributed by atoms with Crippen LogP contribution in [0.25, 0.3) is 0 Å². The maximum Gasteiger partial charge on any atom is 0.270 e. The minimum Gasteiger partial charge on any atom is -0.377 e. The Morgan fingerprint density at radius 2 is 2.00 bits per heavy atom. The number of hydrogen-bond donors (Lipinski definition) is 0. The van der Waals surface area contributed by atoms with Gasteiger partial charge in [-0.2, -0.15) is 0 Å². The Balaban J connectivity index is 1.67. The number of nitro groups is 1. The summed E-state index contributed by atoms with van der Waals surface area (Å²) in [6.07, 6.45) is 0.949. The van der Waals surface area contributed by atoms with E-state index in [-0.39, 0.29) is 11.6 Å². The number of aryl methyl sites for hydroxylation is 1. The zero-order chi connectivity index (χ0) is 20.3. The van der Waals surface area contributed by atoms with Gasteiger partial charge in [0.25, 0.3) is 11.6 Å². The van der Waals surface area contributed by atoms with Crippen LogP contribution in [-0.4, -0.2) is 65.9 Å². The number of anilines is 1. The summed E-state index contributed by atoms with van der Waals surface area (Å²) in [5.74, 6) is -0.158. The van der Waals surface area contributed by atoms with E-state index >= 15 is 0 Å². The number of aromatic nitrogens is 1. The molecule has 1 saturated heterocycles. The predicted molar refractivity (Wildman–Crippen MR) is 110 cm³/mol. The molecule has 1 aromatic carbocycles. The lowest BCUT2D eigenvalue weighted by Gasteiger charge is -2.35. The second kappa shape index (κ2) is 8.66. The van der Waals surface area contributed by atoms with Crippen molar-refractivity contribution in [3.8, 4) is 0 Å². The van der Waals surface area contributed by atoms with Crippen LogP contribution in [-0.2, 0) is 13.0 Å². The molecule has 2 heterocycles. The Morgan fingerprint density at radius 3 is 2.57 bits per heavy atom. The molecular weight excluding hydrogens is 378 g/mol. The molecule has 3 rings (SSSR count). The van der Waals surface area contributed by atoms with Crippen LogP contribution in [0.4, 0.5) is 11.4 Å². The summed E-state index contributed by atoms with van der Waals surface area (Å²) in [5, 5.41) is 14.4. The van der Waals surface area contributed by atoms with Crippen molar-refractivity contribution < 1.29 is 9.72 Å². The van der Waals surface area contributed by atoms with E-state index in [9.17, 15) is 14.9 Å². The van der Waals surface area contributed by atoms with Crippen molar-refractivity contribution in [2.45, 2.75) is 19.9 Å². The smallest absolute Gasteiger partial charge is 0.270 e.